The van der Waals surface area contributed by atoms with E-state index in [1.54, 1.807) is 0 Å². The first-order chi connectivity index (χ1) is 9.54. The summed E-state index contributed by atoms with van der Waals surface area (Å²) in [6.07, 6.45) is 6.12. The third kappa shape index (κ3) is 2.76. The van der Waals surface area contributed by atoms with Crippen molar-refractivity contribution in [1.29, 1.82) is 0 Å². The van der Waals surface area contributed by atoms with E-state index in [1.165, 1.54) is 41.5 Å². The monoisotopic (exact) mass is 283 g/mol. The lowest BCUT2D eigenvalue weighted by Gasteiger charge is -2.25. The van der Waals surface area contributed by atoms with Gasteiger partial charge in [0.2, 0.25) is 0 Å². The molecule has 0 aromatic heterocycles. The summed E-state index contributed by atoms with van der Waals surface area (Å²) >= 11 is 6.12. The molecular formula is C19H20Cl. The quantitative estimate of drug-likeness (QED) is 0.711. The van der Waals surface area contributed by atoms with Crippen molar-refractivity contribution in [3.8, 4) is 0 Å². The fourth-order valence-electron chi connectivity index (χ4n) is 3.07. The third-order valence-corrected chi connectivity index (χ3v) is 4.45. The van der Waals surface area contributed by atoms with Gasteiger partial charge in [-0.15, -0.1) is 0 Å². The van der Waals surface area contributed by atoms with Gasteiger partial charge in [-0.05, 0) is 59.1 Å². The molecule has 0 amide bonds. The highest BCUT2D eigenvalue weighted by Crippen LogP contribution is 2.32. The van der Waals surface area contributed by atoms with E-state index in [0.717, 1.165) is 5.02 Å². The zero-order chi connectivity index (χ0) is 14.2. The molecule has 2 aromatic carbocycles. The number of halogens is 1. The highest BCUT2D eigenvalue weighted by molar-refractivity contribution is 6.30. The van der Waals surface area contributed by atoms with E-state index in [1.807, 2.05) is 12.1 Å². The molecule has 0 saturated carbocycles. The molecule has 0 atom stereocenters. The van der Waals surface area contributed by atoms with Gasteiger partial charge >= 0.3 is 0 Å². The van der Waals surface area contributed by atoms with Gasteiger partial charge in [0.15, 0.2) is 0 Å². The molecule has 0 nitrogen and oxygen atoms in total. The van der Waals surface area contributed by atoms with Gasteiger partial charge in [0.1, 0.15) is 0 Å². The Morgan fingerprint density at radius 1 is 1.00 bits per heavy atom. The second-order valence-electron chi connectivity index (χ2n) is 6.26. The largest absolute Gasteiger partial charge is 0.0843 e. The van der Waals surface area contributed by atoms with E-state index in [9.17, 15) is 0 Å². The molecule has 0 aliphatic heterocycles. The number of hydrogen-bond donors (Lipinski definition) is 0. The fourth-order valence-corrected chi connectivity index (χ4v) is 3.26. The Bertz CT molecular complexity index is 625. The molecule has 103 valence electrons. The molecule has 0 unspecified atom stereocenters. The van der Waals surface area contributed by atoms with E-state index in [0.29, 0.717) is 0 Å². The average Bonchev–Trinajstić information content (AvgIpc) is 2.85. The van der Waals surface area contributed by atoms with Crippen LogP contribution < -0.4 is 0 Å². The van der Waals surface area contributed by atoms with E-state index < -0.39 is 0 Å². The highest BCUT2D eigenvalue weighted by Gasteiger charge is 2.22. The maximum Gasteiger partial charge on any atom is 0.0408 e. The van der Waals surface area contributed by atoms with Crippen molar-refractivity contribution >= 4 is 11.6 Å². The third-order valence-electron chi connectivity index (χ3n) is 4.22. The van der Waals surface area contributed by atoms with E-state index in [4.69, 9.17) is 11.6 Å². The maximum absolute atomic E-state index is 6.12. The van der Waals surface area contributed by atoms with Crippen LogP contribution in [-0.2, 0) is 18.3 Å². The number of fused-ring (bicyclic) bond motifs is 1. The first kappa shape index (κ1) is 13.7. The number of hydrogen-bond acceptors (Lipinski definition) is 0. The molecule has 2 aromatic rings. The lowest BCUT2D eigenvalue weighted by molar-refractivity contribution is 0.627. The lowest BCUT2D eigenvalue weighted by atomic mass is 9.79. The summed E-state index contributed by atoms with van der Waals surface area (Å²) < 4.78 is 0. The summed E-state index contributed by atoms with van der Waals surface area (Å²) in [7, 11) is 0. The Balaban J connectivity index is 1.86. The van der Waals surface area contributed by atoms with Crippen LogP contribution in [0.1, 0.15) is 42.5 Å². The molecule has 0 fully saturated rings. The Kier molecular flexibility index (Phi) is 3.60. The second kappa shape index (κ2) is 5.26. The van der Waals surface area contributed by atoms with Crippen molar-refractivity contribution in [2.24, 2.45) is 0 Å². The van der Waals surface area contributed by atoms with Crippen molar-refractivity contribution in [2.75, 3.05) is 0 Å². The fraction of sp³-hybridized carbons (Fsp3) is 0.316. The molecule has 0 N–H and O–H groups in total. The number of aryl methyl sites for hydroxylation is 2. The van der Waals surface area contributed by atoms with Gasteiger partial charge in [0.05, 0.1) is 0 Å². The normalized spacial score (nSPS) is 14.3. The molecule has 1 aliphatic carbocycles. The van der Waals surface area contributed by atoms with Crippen LogP contribution in [0, 0.1) is 6.42 Å². The standard InChI is InChI=1S/C19H20Cl/c1-19(2,17-7-4-8-18(20)12-17)13-14-9-10-15-5-3-6-16(15)11-14/h4,7-13H,3,5-6H2,1-2H3. The molecule has 0 spiro atoms. The van der Waals surface area contributed by atoms with Gasteiger partial charge in [0.25, 0.3) is 0 Å². The van der Waals surface area contributed by atoms with Crippen LogP contribution in [0.5, 0.6) is 0 Å². The van der Waals surface area contributed by atoms with Gasteiger partial charge in [-0.1, -0.05) is 55.8 Å². The van der Waals surface area contributed by atoms with Crippen molar-refractivity contribution in [3.05, 3.63) is 76.2 Å². The molecule has 1 radical (unpaired) electrons. The van der Waals surface area contributed by atoms with Crippen molar-refractivity contribution < 1.29 is 0 Å². The SMILES string of the molecule is CC(C)([CH]c1ccc2c(c1)CCC2)c1cccc(Cl)c1. The van der Waals surface area contributed by atoms with Crippen LogP contribution in [0.3, 0.4) is 0 Å². The van der Waals surface area contributed by atoms with Crippen molar-refractivity contribution in [2.45, 2.75) is 38.5 Å². The molecule has 1 heteroatoms. The number of rotatable bonds is 3. The zero-order valence-electron chi connectivity index (χ0n) is 12.1. The van der Waals surface area contributed by atoms with E-state index in [-0.39, 0.29) is 5.41 Å². The Hall–Kier alpha value is -1.27. The van der Waals surface area contributed by atoms with Crippen LogP contribution in [0.4, 0.5) is 0 Å². The predicted octanol–water partition coefficient (Wildman–Crippen LogP) is 5.36. The summed E-state index contributed by atoms with van der Waals surface area (Å²) in [6.45, 7) is 4.48. The minimum atomic E-state index is -0.0161. The van der Waals surface area contributed by atoms with Crippen LogP contribution in [0.2, 0.25) is 5.02 Å². The first-order valence-electron chi connectivity index (χ1n) is 7.28. The van der Waals surface area contributed by atoms with Crippen molar-refractivity contribution in [3.63, 3.8) is 0 Å². The Morgan fingerprint density at radius 2 is 1.80 bits per heavy atom. The summed E-state index contributed by atoms with van der Waals surface area (Å²) in [4.78, 5) is 0. The Morgan fingerprint density at radius 3 is 2.60 bits per heavy atom. The van der Waals surface area contributed by atoms with Gasteiger partial charge < -0.3 is 0 Å². The summed E-state index contributed by atoms with van der Waals surface area (Å²) in [5.74, 6) is 0. The smallest absolute Gasteiger partial charge is 0.0408 e. The highest BCUT2D eigenvalue weighted by atomic mass is 35.5. The van der Waals surface area contributed by atoms with E-state index >= 15 is 0 Å². The molecule has 3 rings (SSSR count). The first-order valence-corrected chi connectivity index (χ1v) is 7.66. The predicted molar refractivity (Wildman–Crippen MR) is 86.3 cm³/mol. The minimum Gasteiger partial charge on any atom is -0.0843 e. The van der Waals surface area contributed by atoms with E-state index in [2.05, 4.69) is 50.6 Å². The van der Waals surface area contributed by atoms with Gasteiger partial charge in [0, 0.05) is 11.4 Å². The molecule has 0 heterocycles. The molecule has 20 heavy (non-hydrogen) atoms. The van der Waals surface area contributed by atoms with Gasteiger partial charge in [-0.25, -0.2) is 0 Å². The Labute approximate surface area is 126 Å². The average molecular weight is 284 g/mol. The van der Waals surface area contributed by atoms with Gasteiger partial charge in [-0.3, -0.25) is 0 Å². The van der Waals surface area contributed by atoms with Crippen molar-refractivity contribution in [1.82, 2.24) is 0 Å². The summed E-state index contributed by atoms with van der Waals surface area (Å²) in [6, 6.07) is 15.1. The lowest BCUT2D eigenvalue weighted by Crippen LogP contribution is -2.18. The summed E-state index contributed by atoms with van der Waals surface area (Å²) in [5.41, 5.74) is 5.61. The minimum absolute atomic E-state index is 0.0161. The topological polar surface area (TPSA) is 0 Å². The van der Waals surface area contributed by atoms with Crippen LogP contribution in [-0.4, -0.2) is 0 Å². The van der Waals surface area contributed by atoms with Crippen LogP contribution in [0.25, 0.3) is 0 Å². The van der Waals surface area contributed by atoms with Crippen LogP contribution >= 0.6 is 11.6 Å². The summed E-state index contributed by atoms with van der Waals surface area (Å²) in [5, 5.41) is 0.804. The second-order valence-corrected chi connectivity index (χ2v) is 6.69. The maximum atomic E-state index is 6.12. The molecular weight excluding hydrogens is 264 g/mol. The molecule has 1 aliphatic rings. The van der Waals surface area contributed by atoms with Crippen LogP contribution in [0.15, 0.2) is 42.5 Å². The van der Waals surface area contributed by atoms with Gasteiger partial charge in [-0.2, -0.15) is 0 Å². The molecule has 0 saturated heterocycles. The zero-order valence-corrected chi connectivity index (χ0v) is 12.9. The number of benzene rings is 2. The molecule has 0 bridgehead atoms.